The fourth-order valence-corrected chi connectivity index (χ4v) is 3.09. The minimum Gasteiger partial charge on any atom is -0.497 e. The lowest BCUT2D eigenvalue weighted by molar-refractivity contribution is 0.415. The van der Waals surface area contributed by atoms with Gasteiger partial charge in [-0.2, -0.15) is 0 Å². The SMILES string of the molecule is COc1ccc(N(Cc2ccccc2-c2ccccc2)C(C)C)cc1. The highest BCUT2D eigenvalue weighted by atomic mass is 16.5. The highest BCUT2D eigenvalue weighted by molar-refractivity contribution is 5.68. The Balaban J connectivity index is 1.93. The molecule has 0 saturated carbocycles. The van der Waals surface area contributed by atoms with Crippen LogP contribution in [0.25, 0.3) is 11.1 Å². The van der Waals surface area contributed by atoms with Gasteiger partial charge in [0.25, 0.3) is 0 Å². The first-order valence-corrected chi connectivity index (χ1v) is 8.73. The zero-order chi connectivity index (χ0) is 17.6. The van der Waals surface area contributed by atoms with Gasteiger partial charge in [0.1, 0.15) is 5.75 Å². The second kappa shape index (κ2) is 7.89. The van der Waals surface area contributed by atoms with E-state index in [0.29, 0.717) is 6.04 Å². The number of anilines is 1. The van der Waals surface area contributed by atoms with E-state index in [1.807, 2.05) is 12.1 Å². The molecule has 0 fully saturated rings. The maximum absolute atomic E-state index is 5.29. The molecule has 2 heteroatoms. The third kappa shape index (κ3) is 4.03. The number of benzene rings is 3. The molecule has 128 valence electrons. The maximum Gasteiger partial charge on any atom is 0.119 e. The van der Waals surface area contributed by atoms with Crippen molar-refractivity contribution in [1.29, 1.82) is 0 Å². The molecule has 3 aromatic carbocycles. The van der Waals surface area contributed by atoms with Gasteiger partial charge in [-0.25, -0.2) is 0 Å². The van der Waals surface area contributed by atoms with Gasteiger partial charge in [0.05, 0.1) is 7.11 Å². The van der Waals surface area contributed by atoms with Crippen molar-refractivity contribution in [3.05, 3.63) is 84.4 Å². The summed E-state index contributed by atoms with van der Waals surface area (Å²) in [6.07, 6.45) is 0. The van der Waals surface area contributed by atoms with E-state index in [9.17, 15) is 0 Å². The first-order chi connectivity index (χ1) is 12.2. The van der Waals surface area contributed by atoms with Gasteiger partial charge in [0.15, 0.2) is 0 Å². The average molecular weight is 331 g/mol. The zero-order valence-corrected chi connectivity index (χ0v) is 15.1. The van der Waals surface area contributed by atoms with E-state index in [1.54, 1.807) is 7.11 Å². The van der Waals surface area contributed by atoms with E-state index < -0.39 is 0 Å². The van der Waals surface area contributed by atoms with E-state index in [-0.39, 0.29) is 0 Å². The molecule has 0 unspecified atom stereocenters. The van der Waals surface area contributed by atoms with Crippen molar-refractivity contribution in [2.45, 2.75) is 26.4 Å². The lowest BCUT2D eigenvalue weighted by Crippen LogP contribution is -2.30. The van der Waals surface area contributed by atoms with Crippen molar-refractivity contribution in [2.24, 2.45) is 0 Å². The van der Waals surface area contributed by atoms with E-state index in [4.69, 9.17) is 4.74 Å². The van der Waals surface area contributed by atoms with E-state index >= 15 is 0 Å². The number of nitrogens with zero attached hydrogens (tertiary/aromatic N) is 1. The van der Waals surface area contributed by atoms with Crippen LogP contribution in [-0.2, 0) is 6.54 Å². The van der Waals surface area contributed by atoms with Crippen LogP contribution in [0.4, 0.5) is 5.69 Å². The number of hydrogen-bond acceptors (Lipinski definition) is 2. The number of ether oxygens (including phenoxy) is 1. The molecular formula is C23H25NO. The molecule has 0 aromatic heterocycles. The molecule has 0 amide bonds. The molecule has 0 saturated heterocycles. The second-order valence-corrected chi connectivity index (χ2v) is 6.44. The summed E-state index contributed by atoms with van der Waals surface area (Å²) in [5.74, 6) is 0.886. The normalized spacial score (nSPS) is 10.7. The van der Waals surface area contributed by atoms with Crippen LogP contribution in [-0.4, -0.2) is 13.2 Å². The molecule has 0 aliphatic carbocycles. The van der Waals surface area contributed by atoms with Gasteiger partial charge in [-0.05, 0) is 54.8 Å². The van der Waals surface area contributed by atoms with Gasteiger partial charge in [-0.15, -0.1) is 0 Å². The molecule has 0 bridgehead atoms. The molecule has 3 rings (SSSR count). The molecule has 2 nitrogen and oxygen atoms in total. The molecule has 0 atom stereocenters. The Bertz CT molecular complexity index is 794. The molecular weight excluding hydrogens is 306 g/mol. The first-order valence-electron chi connectivity index (χ1n) is 8.73. The van der Waals surface area contributed by atoms with Gasteiger partial charge in [0, 0.05) is 18.3 Å². The topological polar surface area (TPSA) is 12.5 Å². The van der Waals surface area contributed by atoms with Gasteiger partial charge in [-0.1, -0.05) is 54.6 Å². The summed E-state index contributed by atoms with van der Waals surface area (Å²) in [5.41, 5.74) is 5.09. The summed E-state index contributed by atoms with van der Waals surface area (Å²) in [5, 5.41) is 0. The molecule has 0 spiro atoms. The van der Waals surface area contributed by atoms with Crippen molar-refractivity contribution in [2.75, 3.05) is 12.0 Å². The Hall–Kier alpha value is -2.74. The Kier molecular flexibility index (Phi) is 5.39. The Morgan fingerprint density at radius 2 is 1.44 bits per heavy atom. The molecule has 0 heterocycles. The van der Waals surface area contributed by atoms with Crippen LogP contribution < -0.4 is 9.64 Å². The van der Waals surface area contributed by atoms with Gasteiger partial charge in [0.2, 0.25) is 0 Å². The second-order valence-electron chi connectivity index (χ2n) is 6.44. The minimum absolute atomic E-state index is 0.400. The number of methoxy groups -OCH3 is 1. The largest absolute Gasteiger partial charge is 0.497 e. The fraction of sp³-hybridized carbons (Fsp3) is 0.217. The van der Waals surface area contributed by atoms with Crippen LogP contribution in [0.1, 0.15) is 19.4 Å². The van der Waals surface area contributed by atoms with Gasteiger partial charge in [-0.3, -0.25) is 0 Å². The predicted octanol–water partition coefficient (Wildman–Crippen LogP) is 5.78. The van der Waals surface area contributed by atoms with Crippen molar-refractivity contribution >= 4 is 5.69 Å². The van der Waals surface area contributed by atoms with Crippen LogP contribution in [0.5, 0.6) is 5.75 Å². The predicted molar refractivity (Wildman–Crippen MR) is 106 cm³/mol. The minimum atomic E-state index is 0.400. The van der Waals surface area contributed by atoms with Crippen LogP contribution >= 0.6 is 0 Å². The smallest absolute Gasteiger partial charge is 0.119 e. The summed E-state index contributed by atoms with van der Waals surface area (Å²) in [6.45, 7) is 5.33. The van der Waals surface area contributed by atoms with Crippen molar-refractivity contribution in [1.82, 2.24) is 0 Å². The highest BCUT2D eigenvalue weighted by Gasteiger charge is 2.14. The van der Waals surface area contributed by atoms with Crippen molar-refractivity contribution in [3.8, 4) is 16.9 Å². The quantitative estimate of drug-likeness (QED) is 0.568. The van der Waals surface area contributed by atoms with Gasteiger partial charge >= 0.3 is 0 Å². The van der Waals surface area contributed by atoms with Crippen LogP contribution in [0.3, 0.4) is 0 Å². The van der Waals surface area contributed by atoms with Gasteiger partial charge < -0.3 is 9.64 Å². The average Bonchev–Trinajstić information content (AvgIpc) is 2.67. The third-order valence-electron chi connectivity index (χ3n) is 4.47. The van der Waals surface area contributed by atoms with Crippen molar-refractivity contribution in [3.63, 3.8) is 0 Å². The van der Waals surface area contributed by atoms with E-state index in [1.165, 1.54) is 22.4 Å². The monoisotopic (exact) mass is 331 g/mol. The molecule has 0 aliphatic heterocycles. The highest BCUT2D eigenvalue weighted by Crippen LogP contribution is 2.28. The Morgan fingerprint density at radius 1 is 0.800 bits per heavy atom. The maximum atomic E-state index is 5.29. The number of rotatable bonds is 6. The lowest BCUT2D eigenvalue weighted by Gasteiger charge is -2.30. The third-order valence-corrected chi connectivity index (χ3v) is 4.47. The van der Waals surface area contributed by atoms with Crippen LogP contribution in [0.2, 0.25) is 0 Å². The van der Waals surface area contributed by atoms with E-state index in [0.717, 1.165) is 12.3 Å². The summed E-state index contributed by atoms with van der Waals surface area (Å²) < 4.78 is 5.29. The summed E-state index contributed by atoms with van der Waals surface area (Å²) >= 11 is 0. The Labute approximate surface area is 150 Å². The molecule has 3 aromatic rings. The summed E-state index contributed by atoms with van der Waals surface area (Å²) in [6, 6.07) is 28.0. The Morgan fingerprint density at radius 3 is 2.08 bits per heavy atom. The standard InChI is InChI=1S/C23H25NO/c1-18(2)24(21-13-15-22(25-3)16-14-21)17-20-11-7-8-12-23(20)19-9-5-4-6-10-19/h4-16,18H,17H2,1-3H3. The molecule has 25 heavy (non-hydrogen) atoms. The van der Waals surface area contributed by atoms with Crippen molar-refractivity contribution < 1.29 is 4.74 Å². The lowest BCUT2D eigenvalue weighted by atomic mass is 9.99. The van der Waals surface area contributed by atoms with E-state index in [2.05, 4.69) is 85.5 Å². The fourth-order valence-electron chi connectivity index (χ4n) is 3.09. The number of hydrogen-bond donors (Lipinski definition) is 0. The van der Waals surface area contributed by atoms with Crippen LogP contribution in [0, 0.1) is 0 Å². The summed E-state index contributed by atoms with van der Waals surface area (Å²) in [7, 11) is 1.70. The molecule has 0 radical (unpaired) electrons. The molecule has 0 N–H and O–H groups in total. The first kappa shape index (κ1) is 17.1. The van der Waals surface area contributed by atoms with Crippen LogP contribution in [0.15, 0.2) is 78.9 Å². The summed E-state index contributed by atoms with van der Waals surface area (Å²) in [4.78, 5) is 2.42. The molecule has 0 aliphatic rings. The zero-order valence-electron chi connectivity index (χ0n) is 15.1.